The Balaban J connectivity index is 2.23. The third-order valence-corrected chi connectivity index (χ3v) is 2.83. The second kappa shape index (κ2) is 3.69. The molecule has 0 atom stereocenters. The van der Waals surface area contributed by atoms with Crippen LogP contribution in [0.1, 0.15) is 16.1 Å². The maximum absolute atomic E-state index is 11.0. The summed E-state index contributed by atoms with van der Waals surface area (Å²) in [5.41, 5.74) is 2.29. The molecule has 2 heterocycles. The maximum Gasteiger partial charge on any atom is 0.339 e. The molecular weight excluding hydrogens is 232 g/mol. The van der Waals surface area contributed by atoms with Crippen LogP contribution in [0.3, 0.4) is 0 Å². The van der Waals surface area contributed by atoms with Gasteiger partial charge in [0, 0.05) is 11.6 Å². The van der Waals surface area contributed by atoms with Crippen molar-refractivity contribution in [3.63, 3.8) is 0 Å². The first kappa shape index (κ1) is 10.5. The zero-order valence-electron chi connectivity index (χ0n) is 9.58. The van der Waals surface area contributed by atoms with E-state index in [1.807, 2.05) is 18.2 Å². The number of aromatic amines is 1. The van der Waals surface area contributed by atoms with Gasteiger partial charge in [0.1, 0.15) is 5.56 Å². The standard InChI is InChI=1S/C12H10N4O2/c1-7-9(12(17)18)6-16(15-7)10-4-2-3-8-5-13-14-11(8)10/h2-6H,1H3,(H,13,14)(H,17,18). The number of aromatic nitrogens is 4. The predicted molar refractivity (Wildman–Crippen MR) is 64.9 cm³/mol. The van der Waals surface area contributed by atoms with Gasteiger partial charge in [-0.2, -0.15) is 10.2 Å². The highest BCUT2D eigenvalue weighted by Gasteiger charge is 2.14. The van der Waals surface area contributed by atoms with Crippen LogP contribution in [0.2, 0.25) is 0 Å². The molecule has 0 amide bonds. The number of nitrogens with one attached hydrogen (secondary N) is 1. The van der Waals surface area contributed by atoms with Gasteiger partial charge in [0.05, 0.1) is 23.1 Å². The summed E-state index contributed by atoms with van der Waals surface area (Å²) in [4.78, 5) is 11.0. The molecule has 6 heteroatoms. The maximum atomic E-state index is 11.0. The SMILES string of the molecule is Cc1nn(-c2cccc3cn[nH]c23)cc1C(=O)O. The van der Waals surface area contributed by atoms with Gasteiger partial charge in [0.2, 0.25) is 0 Å². The first-order valence-corrected chi connectivity index (χ1v) is 5.39. The van der Waals surface area contributed by atoms with Gasteiger partial charge in [0.15, 0.2) is 0 Å². The molecule has 0 saturated carbocycles. The molecule has 0 aliphatic rings. The lowest BCUT2D eigenvalue weighted by Gasteiger charge is -2.01. The molecule has 18 heavy (non-hydrogen) atoms. The fourth-order valence-electron chi connectivity index (χ4n) is 1.94. The number of fused-ring (bicyclic) bond motifs is 1. The van der Waals surface area contributed by atoms with Crippen molar-refractivity contribution in [1.29, 1.82) is 0 Å². The van der Waals surface area contributed by atoms with Crippen molar-refractivity contribution >= 4 is 16.9 Å². The second-order valence-electron chi connectivity index (χ2n) is 3.99. The lowest BCUT2D eigenvalue weighted by molar-refractivity contribution is 0.0696. The number of para-hydroxylation sites is 1. The Labute approximate surface area is 102 Å². The van der Waals surface area contributed by atoms with Crippen LogP contribution in [-0.2, 0) is 0 Å². The number of rotatable bonds is 2. The van der Waals surface area contributed by atoms with E-state index >= 15 is 0 Å². The second-order valence-corrected chi connectivity index (χ2v) is 3.99. The molecule has 0 aliphatic heterocycles. The molecule has 3 rings (SSSR count). The fourth-order valence-corrected chi connectivity index (χ4v) is 1.94. The van der Waals surface area contributed by atoms with Crippen molar-refractivity contribution in [3.8, 4) is 5.69 Å². The molecule has 0 unspecified atom stereocenters. The Kier molecular flexibility index (Phi) is 2.16. The van der Waals surface area contributed by atoms with Crippen LogP contribution < -0.4 is 0 Å². The summed E-state index contributed by atoms with van der Waals surface area (Å²) in [6.07, 6.45) is 3.22. The number of carbonyl (C=O) groups is 1. The topological polar surface area (TPSA) is 83.8 Å². The molecule has 0 fully saturated rings. The average molecular weight is 242 g/mol. The van der Waals surface area contributed by atoms with E-state index in [9.17, 15) is 4.79 Å². The Morgan fingerprint density at radius 2 is 2.28 bits per heavy atom. The number of carboxylic acid groups (broad SMARTS) is 1. The molecule has 0 bridgehead atoms. The molecule has 0 saturated heterocycles. The van der Waals surface area contributed by atoms with Gasteiger partial charge in [-0.25, -0.2) is 9.48 Å². The highest BCUT2D eigenvalue weighted by atomic mass is 16.4. The van der Waals surface area contributed by atoms with Gasteiger partial charge < -0.3 is 5.11 Å². The number of nitrogens with zero attached hydrogens (tertiary/aromatic N) is 3. The molecule has 2 N–H and O–H groups in total. The van der Waals surface area contributed by atoms with E-state index in [1.54, 1.807) is 17.8 Å². The number of hydrogen-bond acceptors (Lipinski definition) is 3. The molecule has 90 valence electrons. The van der Waals surface area contributed by atoms with E-state index in [2.05, 4.69) is 15.3 Å². The largest absolute Gasteiger partial charge is 0.478 e. The molecule has 0 aliphatic carbocycles. The lowest BCUT2D eigenvalue weighted by Crippen LogP contribution is -1.96. The van der Waals surface area contributed by atoms with Crippen LogP contribution in [0.15, 0.2) is 30.6 Å². The Morgan fingerprint density at radius 1 is 1.44 bits per heavy atom. The summed E-state index contributed by atoms with van der Waals surface area (Å²) in [5, 5.41) is 21.1. The van der Waals surface area contributed by atoms with E-state index in [1.165, 1.54) is 6.20 Å². The summed E-state index contributed by atoms with van der Waals surface area (Å²) < 4.78 is 1.55. The smallest absolute Gasteiger partial charge is 0.339 e. The fraction of sp³-hybridized carbons (Fsp3) is 0.0833. The molecule has 3 aromatic rings. The summed E-state index contributed by atoms with van der Waals surface area (Å²) in [6.45, 7) is 1.67. The van der Waals surface area contributed by atoms with Gasteiger partial charge in [-0.05, 0) is 13.0 Å². The van der Waals surface area contributed by atoms with Crippen molar-refractivity contribution in [1.82, 2.24) is 20.0 Å². The van der Waals surface area contributed by atoms with Crippen LogP contribution >= 0.6 is 0 Å². The third-order valence-electron chi connectivity index (χ3n) is 2.83. The summed E-state index contributed by atoms with van der Waals surface area (Å²) in [7, 11) is 0. The number of carboxylic acids is 1. The van der Waals surface area contributed by atoms with E-state index in [0.29, 0.717) is 5.69 Å². The first-order valence-electron chi connectivity index (χ1n) is 5.39. The number of aryl methyl sites for hydroxylation is 1. The Hall–Kier alpha value is -2.63. The predicted octanol–water partition coefficient (Wildman–Crippen LogP) is 1.76. The van der Waals surface area contributed by atoms with E-state index in [-0.39, 0.29) is 5.56 Å². The van der Waals surface area contributed by atoms with E-state index in [0.717, 1.165) is 16.6 Å². The highest BCUT2D eigenvalue weighted by Crippen LogP contribution is 2.20. The summed E-state index contributed by atoms with van der Waals surface area (Å²) >= 11 is 0. The lowest BCUT2D eigenvalue weighted by atomic mass is 10.2. The van der Waals surface area contributed by atoms with Crippen molar-refractivity contribution in [2.75, 3.05) is 0 Å². The van der Waals surface area contributed by atoms with Crippen LogP contribution in [0.4, 0.5) is 0 Å². The van der Waals surface area contributed by atoms with Crippen molar-refractivity contribution in [3.05, 3.63) is 41.9 Å². The number of hydrogen-bond donors (Lipinski definition) is 2. The minimum Gasteiger partial charge on any atom is -0.478 e. The van der Waals surface area contributed by atoms with E-state index < -0.39 is 5.97 Å². The van der Waals surface area contributed by atoms with Crippen molar-refractivity contribution in [2.24, 2.45) is 0 Å². The van der Waals surface area contributed by atoms with Gasteiger partial charge in [0.25, 0.3) is 0 Å². The molecule has 0 spiro atoms. The van der Waals surface area contributed by atoms with E-state index in [4.69, 9.17) is 5.11 Å². The number of benzene rings is 1. The van der Waals surface area contributed by atoms with Crippen molar-refractivity contribution < 1.29 is 9.90 Å². The Bertz CT molecular complexity index is 741. The minimum absolute atomic E-state index is 0.200. The zero-order chi connectivity index (χ0) is 12.7. The molecule has 2 aromatic heterocycles. The Morgan fingerprint density at radius 3 is 3.00 bits per heavy atom. The van der Waals surface area contributed by atoms with Crippen LogP contribution in [0, 0.1) is 6.92 Å². The molecule has 6 nitrogen and oxygen atoms in total. The normalized spacial score (nSPS) is 10.9. The van der Waals surface area contributed by atoms with Crippen LogP contribution in [-0.4, -0.2) is 31.1 Å². The average Bonchev–Trinajstić information content (AvgIpc) is 2.94. The summed E-state index contributed by atoms with van der Waals surface area (Å²) in [5.74, 6) is -0.976. The van der Waals surface area contributed by atoms with Gasteiger partial charge in [-0.15, -0.1) is 0 Å². The highest BCUT2D eigenvalue weighted by molar-refractivity contribution is 5.89. The summed E-state index contributed by atoms with van der Waals surface area (Å²) in [6, 6.07) is 5.67. The van der Waals surface area contributed by atoms with Crippen LogP contribution in [0.5, 0.6) is 0 Å². The number of H-pyrrole nitrogens is 1. The van der Waals surface area contributed by atoms with Gasteiger partial charge in [-0.3, -0.25) is 5.10 Å². The molecule has 0 radical (unpaired) electrons. The van der Waals surface area contributed by atoms with Crippen LogP contribution in [0.25, 0.3) is 16.6 Å². The third kappa shape index (κ3) is 1.46. The van der Waals surface area contributed by atoms with Crippen molar-refractivity contribution in [2.45, 2.75) is 6.92 Å². The van der Waals surface area contributed by atoms with Gasteiger partial charge in [-0.1, -0.05) is 12.1 Å². The molecule has 1 aromatic carbocycles. The first-order chi connectivity index (χ1) is 8.66. The zero-order valence-corrected chi connectivity index (χ0v) is 9.58. The quantitative estimate of drug-likeness (QED) is 0.717. The monoisotopic (exact) mass is 242 g/mol. The van der Waals surface area contributed by atoms with Gasteiger partial charge >= 0.3 is 5.97 Å². The minimum atomic E-state index is -0.976. The molecular formula is C12H10N4O2. The number of aromatic carboxylic acids is 1.